The van der Waals surface area contributed by atoms with E-state index in [4.69, 9.17) is 4.42 Å². The van der Waals surface area contributed by atoms with Crippen LogP contribution in [0, 0.1) is 17.8 Å². The summed E-state index contributed by atoms with van der Waals surface area (Å²) < 4.78 is 5.08. The Morgan fingerprint density at radius 3 is 2.89 bits per heavy atom. The van der Waals surface area contributed by atoms with Crippen molar-refractivity contribution in [3.63, 3.8) is 0 Å². The third-order valence-electron chi connectivity index (χ3n) is 4.31. The lowest BCUT2D eigenvalue weighted by Gasteiger charge is -2.32. The fourth-order valence-electron chi connectivity index (χ4n) is 3.06. The van der Waals surface area contributed by atoms with Crippen molar-refractivity contribution in [1.82, 2.24) is 4.90 Å². The van der Waals surface area contributed by atoms with Crippen LogP contribution in [0.1, 0.15) is 38.7 Å². The standard InChI is InChI=1S/C16H25NO2/c1-12(2)14-4-5-16(18)15(8-14)10-17(3)9-13-6-7-19-11-13/h6-7,11-12,14-15H,4-5,8-10H2,1-3H3. The number of carbonyl (C=O) groups is 1. The van der Waals surface area contributed by atoms with Crippen LogP contribution in [0.25, 0.3) is 0 Å². The van der Waals surface area contributed by atoms with Gasteiger partial charge in [-0.2, -0.15) is 0 Å². The lowest BCUT2D eigenvalue weighted by Crippen LogP contribution is -2.35. The van der Waals surface area contributed by atoms with Gasteiger partial charge in [-0.25, -0.2) is 0 Å². The molecule has 2 rings (SSSR count). The van der Waals surface area contributed by atoms with E-state index in [0.717, 1.165) is 32.4 Å². The number of Topliss-reactive ketones (excluding diaryl/α,β-unsaturated/α-hetero) is 1. The Hall–Kier alpha value is -1.09. The zero-order valence-electron chi connectivity index (χ0n) is 12.3. The van der Waals surface area contributed by atoms with Crippen molar-refractivity contribution in [2.24, 2.45) is 17.8 Å². The minimum Gasteiger partial charge on any atom is -0.472 e. The van der Waals surface area contributed by atoms with Crippen molar-refractivity contribution < 1.29 is 9.21 Å². The zero-order chi connectivity index (χ0) is 13.8. The van der Waals surface area contributed by atoms with E-state index < -0.39 is 0 Å². The van der Waals surface area contributed by atoms with Gasteiger partial charge in [-0.1, -0.05) is 13.8 Å². The van der Waals surface area contributed by atoms with Gasteiger partial charge >= 0.3 is 0 Å². The minimum absolute atomic E-state index is 0.220. The second-order valence-electron chi connectivity index (χ2n) is 6.27. The molecule has 3 nitrogen and oxygen atoms in total. The van der Waals surface area contributed by atoms with Gasteiger partial charge in [0.1, 0.15) is 5.78 Å². The molecule has 1 aliphatic rings. The highest BCUT2D eigenvalue weighted by atomic mass is 16.3. The van der Waals surface area contributed by atoms with E-state index in [1.807, 2.05) is 6.07 Å². The van der Waals surface area contributed by atoms with E-state index in [1.165, 1.54) is 5.56 Å². The Kier molecular flexibility index (Phi) is 4.81. The molecular weight excluding hydrogens is 238 g/mol. The molecule has 0 bridgehead atoms. The van der Waals surface area contributed by atoms with Crippen molar-refractivity contribution in [1.29, 1.82) is 0 Å². The molecule has 1 saturated carbocycles. The smallest absolute Gasteiger partial charge is 0.137 e. The van der Waals surface area contributed by atoms with E-state index in [1.54, 1.807) is 12.5 Å². The minimum atomic E-state index is 0.220. The largest absolute Gasteiger partial charge is 0.472 e. The van der Waals surface area contributed by atoms with E-state index >= 15 is 0 Å². The van der Waals surface area contributed by atoms with Gasteiger partial charge in [0.25, 0.3) is 0 Å². The molecule has 1 aromatic heterocycles. The first kappa shape index (κ1) is 14.3. The van der Waals surface area contributed by atoms with Gasteiger partial charge < -0.3 is 9.32 Å². The first-order chi connectivity index (χ1) is 9.06. The molecule has 106 valence electrons. The molecule has 0 spiro atoms. The third kappa shape index (κ3) is 3.93. The van der Waals surface area contributed by atoms with Crippen molar-refractivity contribution in [2.45, 2.75) is 39.7 Å². The van der Waals surface area contributed by atoms with E-state index in [9.17, 15) is 4.79 Å². The summed E-state index contributed by atoms with van der Waals surface area (Å²) in [5.74, 6) is 2.08. The molecular formula is C16H25NO2. The molecule has 1 aromatic rings. The number of furan rings is 1. The number of rotatable bonds is 5. The molecule has 19 heavy (non-hydrogen) atoms. The van der Waals surface area contributed by atoms with Crippen molar-refractivity contribution in [3.8, 4) is 0 Å². The van der Waals surface area contributed by atoms with Crippen LogP contribution in [0.2, 0.25) is 0 Å². The SMILES string of the molecule is CC(C)C1CCC(=O)C(CN(C)Cc2ccoc2)C1. The number of nitrogens with zero attached hydrogens (tertiary/aromatic N) is 1. The molecule has 0 N–H and O–H groups in total. The van der Waals surface area contributed by atoms with Gasteiger partial charge in [0.2, 0.25) is 0 Å². The number of carbonyl (C=O) groups excluding carboxylic acids is 1. The fraction of sp³-hybridized carbons (Fsp3) is 0.688. The summed E-state index contributed by atoms with van der Waals surface area (Å²) in [6, 6.07) is 1.98. The van der Waals surface area contributed by atoms with Gasteiger partial charge in [0, 0.05) is 31.0 Å². The predicted octanol–water partition coefficient (Wildman–Crippen LogP) is 3.35. The Bertz CT molecular complexity index is 397. The third-order valence-corrected chi connectivity index (χ3v) is 4.31. The Morgan fingerprint density at radius 1 is 1.47 bits per heavy atom. The highest BCUT2D eigenvalue weighted by molar-refractivity contribution is 5.82. The normalized spacial score (nSPS) is 24.4. The van der Waals surface area contributed by atoms with Crippen molar-refractivity contribution in [2.75, 3.05) is 13.6 Å². The van der Waals surface area contributed by atoms with Gasteiger partial charge in [-0.3, -0.25) is 4.79 Å². The van der Waals surface area contributed by atoms with Crippen LogP contribution < -0.4 is 0 Å². The van der Waals surface area contributed by atoms with Crippen molar-refractivity contribution >= 4 is 5.78 Å². The second-order valence-corrected chi connectivity index (χ2v) is 6.27. The van der Waals surface area contributed by atoms with Gasteiger partial charge in [-0.15, -0.1) is 0 Å². The topological polar surface area (TPSA) is 33.5 Å². The number of ketones is 1. The highest BCUT2D eigenvalue weighted by Crippen LogP contribution is 2.32. The van der Waals surface area contributed by atoms with Crippen LogP contribution in [-0.2, 0) is 11.3 Å². The fourth-order valence-corrected chi connectivity index (χ4v) is 3.06. The molecule has 0 radical (unpaired) electrons. The molecule has 2 atom stereocenters. The molecule has 1 heterocycles. The van der Waals surface area contributed by atoms with Crippen LogP contribution in [0.15, 0.2) is 23.0 Å². The van der Waals surface area contributed by atoms with E-state index in [2.05, 4.69) is 25.8 Å². The average Bonchev–Trinajstić information content (AvgIpc) is 2.84. The summed E-state index contributed by atoms with van der Waals surface area (Å²) in [6.07, 6.45) is 6.39. The molecule has 1 fully saturated rings. The van der Waals surface area contributed by atoms with Crippen LogP contribution in [0.3, 0.4) is 0 Å². The summed E-state index contributed by atoms with van der Waals surface area (Å²) in [7, 11) is 2.08. The van der Waals surface area contributed by atoms with E-state index in [0.29, 0.717) is 17.6 Å². The summed E-state index contributed by atoms with van der Waals surface area (Å²) in [5.41, 5.74) is 1.17. The number of hydrogen-bond donors (Lipinski definition) is 0. The van der Waals surface area contributed by atoms with Crippen LogP contribution in [0.5, 0.6) is 0 Å². The molecule has 0 amide bonds. The van der Waals surface area contributed by atoms with Crippen LogP contribution in [-0.4, -0.2) is 24.3 Å². The summed E-state index contributed by atoms with van der Waals surface area (Å²) in [6.45, 7) is 6.26. The zero-order valence-corrected chi connectivity index (χ0v) is 12.3. The molecule has 3 heteroatoms. The van der Waals surface area contributed by atoms with Crippen molar-refractivity contribution in [3.05, 3.63) is 24.2 Å². The molecule has 0 saturated heterocycles. The summed E-state index contributed by atoms with van der Waals surface area (Å²) >= 11 is 0. The second kappa shape index (κ2) is 6.38. The lowest BCUT2D eigenvalue weighted by molar-refractivity contribution is -0.126. The molecule has 0 aliphatic heterocycles. The maximum Gasteiger partial charge on any atom is 0.137 e. The van der Waals surface area contributed by atoms with Gasteiger partial charge in [0.15, 0.2) is 0 Å². The van der Waals surface area contributed by atoms with Crippen LogP contribution in [0.4, 0.5) is 0 Å². The van der Waals surface area contributed by atoms with Crippen LogP contribution >= 0.6 is 0 Å². The lowest BCUT2D eigenvalue weighted by atomic mass is 9.75. The monoisotopic (exact) mass is 263 g/mol. The average molecular weight is 263 g/mol. The maximum absolute atomic E-state index is 12.1. The molecule has 0 aromatic carbocycles. The Labute approximate surface area is 116 Å². The molecule has 2 unspecified atom stereocenters. The molecule has 1 aliphatic carbocycles. The highest BCUT2D eigenvalue weighted by Gasteiger charge is 2.30. The first-order valence-electron chi connectivity index (χ1n) is 7.28. The van der Waals surface area contributed by atoms with E-state index in [-0.39, 0.29) is 5.92 Å². The van der Waals surface area contributed by atoms with Gasteiger partial charge in [0.05, 0.1) is 12.5 Å². The Balaban J connectivity index is 1.87. The van der Waals surface area contributed by atoms with Gasteiger partial charge in [-0.05, 0) is 37.8 Å². The summed E-state index contributed by atoms with van der Waals surface area (Å²) in [4.78, 5) is 14.3. The maximum atomic E-state index is 12.1. The number of hydrogen-bond acceptors (Lipinski definition) is 3. The quantitative estimate of drug-likeness (QED) is 0.817. The predicted molar refractivity (Wildman–Crippen MR) is 75.7 cm³/mol. The first-order valence-corrected chi connectivity index (χ1v) is 7.28. The summed E-state index contributed by atoms with van der Waals surface area (Å²) in [5, 5.41) is 0. The Morgan fingerprint density at radius 2 is 2.26 bits per heavy atom.